The Morgan fingerprint density at radius 1 is 0.865 bits per heavy atom. The summed E-state index contributed by atoms with van der Waals surface area (Å²) in [5, 5.41) is 1.35. The summed E-state index contributed by atoms with van der Waals surface area (Å²) in [4.78, 5) is 35.4. The molecule has 3 aromatic carbocycles. The number of fused-ring (bicyclic) bond motifs is 1. The molecule has 190 valence electrons. The minimum Gasteiger partial charge on any atom is -0.304 e. The highest BCUT2D eigenvalue weighted by Crippen LogP contribution is 2.23. The molecule has 1 aromatic heterocycles. The maximum Gasteiger partial charge on any atom is 0.262 e. The van der Waals surface area contributed by atoms with Gasteiger partial charge in [0.2, 0.25) is 0 Å². The summed E-state index contributed by atoms with van der Waals surface area (Å²) in [5.74, 6) is 0.687. The van der Waals surface area contributed by atoms with Crippen LogP contribution >= 0.6 is 11.8 Å². The van der Waals surface area contributed by atoms with E-state index in [-0.39, 0.29) is 11.3 Å². The monoisotopic (exact) mass is 512 g/mol. The summed E-state index contributed by atoms with van der Waals surface area (Å²) in [6.07, 6.45) is 0. The van der Waals surface area contributed by atoms with Crippen LogP contribution < -0.4 is 5.56 Å². The Hall–Kier alpha value is -3.26. The van der Waals surface area contributed by atoms with Crippen LogP contribution in [-0.4, -0.2) is 58.4 Å². The summed E-state index contributed by atoms with van der Waals surface area (Å²) in [6.45, 7) is 7.21. The van der Waals surface area contributed by atoms with E-state index in [1.54, 1.807) is 11.6 Å². The number of nitrogens with zero attached hydrogens (tertiary/aromatic N) is 4. The largest absolute Gasteiger partial charge is 0.304 e. The fourth-order valence-corrected chi connectivity index (χ4v) is 5.61. The number of thioether (sulfide) groups is 1. The van der Waals surface area contributed by atoms with Crippen LogP contribution in [0.5, 0.6) is 0 Å². The Kier molecular flexibility index (Phi) is 7.55. The molecule has 0 N–H and O–H groups in total. The van der Waals surface area contributed by atoms with Crippen molar-refractivity contribution in [2.24, 2.45) is 7.05 Å². The molecular weight excluding hydrogens is 480 g/mol. The second kappa shape index (κ2) is 11.0. The van der Waals surface area contributed by atoms with Gasteiger partial charge in [-0.05, 0) is 36.7 Å². The fraction of sp³-hybridized carbons (Fsp3) is 0.300. The molecule has 0 saturated carbocycles. The molecule has 1 saturated heterocycles. The van der Waals surface area contributed by atoms with Crippen molar-refractivity contribution in [3.63, 3.8) is 0 Å². The first-order valence-electron chi connectivity index (χ1n) is 12.6. The number of hydrogen-bond acceptors (Lipinski definition) is 6. The minimum absolute atomic E-state index is 0.0268. The van der Waals surface area contributed by atoms with Gasteiger partial charge >= 0.3 is 0 Å². The van der Waals surface area contributed by atoms with Crippen molar-refractivity contribution >= 4 is 28.4 Å². The number of aryl methyl sites for hydroxylation is 1. The predicted molar refractivity (Wildman–Crippen MR) is 150 cm³/mol. The Balaban J connectivity index is 1.22. The number of rotatable bonds is 7. The van der Waals surface area contributed by atoms with Gasteiger partial charge in [-0.3, -0.25) is 19.1 Å². The Morgan fingerprint density at radius 3 is 2.14 bits per heavy atom. The van der Waals surface area contributed by atoms with Crippen LogP contribution in [0.15, 0.2) is 76.7 Å². The molecule has 0 unspecified atom stereocenters. The number of piperazine rings is 1. The van der Waals surface area contributed by atoms with E-state index >= 15 is 0 Å². The van der Waals surface area contributed by atoms with Gasteiger partial charge in [0.15, 0.2) is 10.9 Å². The van der Waals surface area contributed by atoms with Crippen molar-refractivity contribution < 1.29 is 4.79 Å². The normalized spacial score (nSPS) is 14.8. The van der Waals surface area contributed by atoms with Crippen LogP contribution in [0.2, 0.25) is 0 Å². The molecule has 0 spiro atoms. The third-order valence-electron chi connectivity index (χ3n) is 7.07. The topological polar surface area (TPSA) is 58.4 Å². The van der Waals surface area contributed by atoms with Crippen LogP contribution in [0.4, 0.5) is 0 Å². The molecule has 0 amide bonds. The lowest BCUT2D eigenvalue weighted by Crippen LogP contribution is -2.43. The van der Waals surface area contributed by atoms with Gasteiger partial charge in [-0.15, -0.1) is 0 Å². The second-order valence-electron chi connectivity index (χ2n) is 9.82. The summed E-state index contributed by atoms with van der Waals surface area (Å²) >= 11 is 1.52. The maximum atomic E-state index is 13.0. The Bertz CT molecular complexity index is 1470. The lowest BCUT2D eigenvalue weighted by Gasteiger charge is -2.32. The standard InChI is InChI=1S/C30H32N4O2S/c1-21-5-4-6-26-27(21)29(36)33(3)30(31-26)37-20-23-9-13-25(14-10-23)28(35)24-11-7-22(8-12-24)19-34-17-15-32(2)16-18-34/h4-14H,15-20H2,1-3H3. The molecule has 0 radical (unpaired) electrons. The van der Waals surface area contributed by atoms with E-state index in [0.717, 1.165) is 49.4 Å². The van der Waals surface area contributed by atoms with E-state index < -0.39 is 0 Å². The minimum atomic E-state index is -0.0268. The van der Waals surface area contributed by atoms with Gasteiger partial charge in [0, 0.05) is 56.7 Å². The second-order valence-corrected chi connectivity index (χ2v) is 10.8. The van der Waals surface area contributed by atoms with Crippen LogP contribution in [-0.2, 0) is 19.3 Å². The summed E-state index contributed by atoms with van der Waals surface area (Å²) < 4.78 is 1.62. The van der Waals surface area contributed by atoms with Crippen molar-refractivity contribution in [1.82, 2.24) is 19.4 Å². The van der Waals surface area contributed by atoms with E-state index in [9.17, 15) is 9.59 Å². The average Bonchev–Trinajstić information content (AvgIpc) is 2.91. The molecule has 1 aliphatic rings. The highest BCUT2D eigenvalue weighted by atomic mass is 32.2. The quantitative estimate of drug-likeness (QED) is 0.206. The number of carbonyl (C=O) groups excluding carboxylic acids is 1. The van der Waals surface area contributed by atoms with Crippen molar-refractivity contribution in [3.8, 4) is 0 Å². The van der Waals surface area contributed by atoms with Gasteiger partial charge < -0.3 is 4.90 Å². The first-order chi connectivity index (χ1) is 17.9. The first-order valence-corrected chi connectivity index (χ1v) is 13.6. The van der Waals surface area contributed by atoms with Gasteiger partial charge in [0.1, 0.15) is 0 Å². The average molecular weight is 513 g/mol. The molecule has 4 aromatic rings. The number of aromatic nitrogens is 2. The van der Waals surface area contributed by atoms with Crippen molar-refractivity contribution in [2.75, 3.05) is 33.2 Å². The number of benzene rings is 3. The van der Waals surface area contributed by atoms with E-state index in [1.165, 1.54) is 17.3 Å². The van der Waals surface area contributed by atoms with Crippen molar-refractivity contribution in [2.45, 2.75) is 24.4 Å². The van der Waals surface area contributed by atoms with E-state index in [4.69, 9.17) is 4.98 Å². The van der Waals surface area contributed by atoms with Crippen molar-refractivity contribution in [1.29, 1.82) is 0 Å². The highest BCUT2D eigenvalue weighted by molar-refractivity contribution is 7.98. The molecule has 0 aliphatic carbocycles. The predicted octanol–water partition coefficient (Wildman–Crippen LogP) is 4.51. The van der Waals surface area contributed by atoms with Crippen LogP contribution in [0.3, 0.4) is 0 Å². The third kappa shape index (κ3) is 5.69. The molecular formula is C30H32N4O2S. The molecule has 37 heavy (non-hydrogen) atoms. The van der Waals surface area contributed by atoms with Crippen LogP contribution in [0, 0.1) is 6.92 Å². The molecule has 0 bridgehead atoms. The Labute approximate surface area is 221 Å². The van der Waals surface area contributed by atoms with Gasteiger partial charge in [-0.25, -0.2) is 4.98 Å². The molecule has 7 heteroatoms. The third-order valence-corrected chi connectivity index (χ3v) is 8.18. The maximum absolute atomic E-state index is 13.0. The highest BCUT2D eigenvalue weighted by Gasteiger charge is 2.15. The molecule has 2 heterocycles. The van der Waals surface area contributed by atoms with Crippen LogP contribution in [0.1, 0.15) is 32.6 Å². The number of ketones is 1. The number of hydrogen-bond donors (Lipinski definition) is 0. The van der Waals surface area contributed by atoms with Gasteiger partial charge in [0.25, 0.3) is 5.56 Å². The zero-order chi connectivity index (χ0) is 25.9. The number of carbonyl (C=O) groups is 1. The van der Waals surface area contributed by atoms with Gasteiger partial charge in [-0.1, -0.05) is 72.4 Å². The molecule has 5 rings (SSSR count). The molecule has 1 fully saturated rings. The van der Waals surface area contributed by atoms with E-state index in [1.807, 2.05) is 61.5 Å². The summed E-state index contributed by atoms with van der Waals surface area (Å²) in [7, 11) is 3.93. The first kappa shape index (κ1) is 25.4. The van der Waals surface area contributed by atoms with E-state index in [2.05, 4.69) is 29.0 Å². The zero-order valence-corrected chi connectivity index (χ0v) is 22.4. The SMILES string of the molecule is Cc1cccc2nc(SCc3ccc(C(=O)c4ccc(CN5CCN(C)CC5)cc4)cc3)n(C)c(=O)c12. The number of likely N-dealkylation sites (N-methyl/N-ethyl adjacent to an activating group) is 1. The molecule has 0 atom stereocenters. The molecule has 6 nitrogen and oxygen atoms in total. The van der Waals surface area contributed by atoms with E-state index in [0.29, 0.717) is 27.4 Å². The lowest BCUT2D eigenvalue weighted by molar-refractivity contribution is 0.103. The molecule has 1 aliphatic heterocycles. The van der Waals surface area contributed by atoms with Crippen LogP contribution in [0.25, 0.3) is 10.9 Å². The van der Waals surface area contributed by atoms with Gasteiger partial charge in [0.05, 0.1) is 10.9 Å². The van der Waals surface area contributed by atoms with Crippen molar-refractivity contribution in [3.05, 3.63) is 105 Å². The lowest BCUT2D eigenvalue weighted by atomic mass is 10.0. The zero-order valence-electron chi connectivity index (χ0n) is 21.6. The Morgan fingerprint density at radius 2 is 1.49 bits per heavy atom. The smallest absolute Gasteiger partial charge is 0.262 e. The summed E-state index contributed by atoms with van der Waals surface area (Å²) in [6, 6.07) is 21.5. The summed E-state index contributed by atoms with van der Waals surface area (Å²) in [5.41, 5.74) is 5.32. The fourth-order valence-electron chi connectivity index (χ4n) is 4.68. The van der Waals surface area contributed by atoms with Gasteiger partial charge in [-0.2, -0.15) is 0 Å².